The number of halogens is 1. The second-order valence-corrected chi connectivity index (χ2v) is 66.4. The summed E-state index contributed by atoms with van der Waals surface area (Å²) in [6, 6.07) is 129. The molecule has 2 saturated carbocycles. The van der Waals surface area contributed by atoms with Gasteiger partial charge in [-0.3, -0.25) is 0 Å². The van der Waals surface area contributed by atoms with E-state index in [1.807, 2.05) is 0 Å². The molecule has 138 heavy (non-hydrogen) atoms. The Morgan fingerprint density at radius 2 is 0.623 bits per heavy atom. The van der Waals surface area contributed by atoms with Crippen molar-refractivity contribution in [1.29, 1.82) is 0 Å². The fourth-order valence-corrected chi connectivity index (χ4v) is 30.7. The molecule has 0 saturated heterocycles. The van der Waals surface area contributed by atoms with Crippen LogP contribution in [0.5, 0.6) is 0 Å². The quantitative estimate of drug-likeness (QED) is 0.117. The van der Waals surface area contributed by atoms with Gasteiger partial charge in [0.1, 0.15) is 0 Å². The molecule has 18 aromatic rings. The predicted octanol–water partition coefficient (Wildman–Crippen LogP) is 28.4. The van der Waals surface area contributed by atoms with E-state index in [9.17, 15) is 0 Å². The van der Waals surface area contributed by atoms with Gasteiger partial charge in [-0.1, -0.05) is 388 Å². The van der Waals surface area contributed by atoms with Crippen LogP contribution in [0.2, 0.25) is 83.6 Å². The standard InChI is InChI=1S/C62H60BN3Si2.C44H34BClN2.C18H27NSi2.CH4/c1-61-34-15-16-35-62(61,2)66-57-40-47(64(45-25-29-48(30-26-45)67(3,4)5)46-27-31-49(32-28-46)68(6,7)8)39-56-58(57)63(53-23-17-22-52(61)60(53)66)54-38-44(42-20-13-10-14-21-42)37-51-50-36-43(41-18-11-9-12-19-41)24-33-55(50)65(56)59(51)54;1-43-20-9-10-21-44(43,2)48-39-26-31(46)25-38-40(39)45(35-17-11-16-34(43)42(35)48)36-24-30(28-14-7-4-8-15-28)23-33-32-22-29(27-12-5-3-6-13-27)18-19-37(32)47(38)41(33)36;1-20(2,3)17-11-7-15(8-12-17)19-16-9-13-18(14-10-16)21(4,5)6;/h9-14,17-33,36-40H,15-16,34-35H2,1-8H3;3-8,11-19,22-26H,9-10,20-21H2,1-2H3;7-14,19H,1-6H3;1H4. The average molecular weight is 1880 g/mol. The zero-order valence-electron chi connectivity index (χ0n) is 82.3. The van der Waals surface area contributed by atoms with Crippen molar-refractivity contribution >= 4 is 206 Å². The first-order valence-corrected chi connectivity index (χ1v) is 64.6. The Kier molecular flexibility index (Phi) is 21.2. The van der Waals surface area contributed by atoms with E-state index >= 15 is 0 Å². The number of rotatable bonds is 13. The maximum atomic E-state index is 7.20. The number of anilines is 9. The molecule has 2 fully saturated rings. The average Bonchev–Trinajstić information content (AvgIpc) is 1.49. The number of fused-ring (bicyclic) bond motifs is 20. The molecule has 0 spiro atoms. The molecule has 0 radical (unpaired) electrons. The minimum atomic E-state index is -1.54. The molecular formula is C125H125B2ClN6Si4. The van der Waals surface area contributed by atoms with Crippen molar-refractivity contribution in [2.45, 2.75) is 187 Å². The summed E-state index contributed by atoms with van der Waals surface area (Å²) in [6.07, 6.45) is 9.80. The summed E-state index contributed by atoms with van der Waals surface area (Å²) in [5.74, 6) is 0. The lowest BCUT2D eigenvalue weighted by Gasteiger charge is -2.52. The van der Waals surface area contributed by atoms with Crippen LogP contribution in [0.3, 0.4) is 0 Å². The van der Waals surface area contributed by atoms with Gasteiger partial charge in [0.05, 0.1) is 60.1 Å². The van der Waals surface area contributed by atoms with Crippen molar-refractivity contribution < 1.29 is 0 Å². The molecule has 6 aliphatic heterocycles. The number of para-hydroxylation sites is 2. The number of benzene rings is 16. The van der Waals surface area contributed by atoms with Gasteiger partial charge in [0.15, 0.2) is 0 Å². The normalized spacial score (nSPS) is 18.7. The number of nitrogens with one attached hydrogen (secondary N) is 1. The van der Waals surface area contributed by atoms with Gasteiger partial charge in [0.2, 0.25) is 0 Å². The summed E-state index contributed by atoms with van der Waals surface area (Å²) in [7, 11) is -5.48. The lowest BCUT2D eigenvalue weighted by molar-refractivity contribution is 0.195. The molecule has 1 N–H and O–H groups in total. The Labute approximate surface area is 827 Å². The van der Waals surface area contributed by atoms with Crippen LogP contribution in [0.4, 0.5) is 51.2 Å². The third-order valence-corrected chi connectivity index (χ3v) is 42.0. The molecule has 16 aromatic carbocycles. The minimum Gasteiger partial charge on any atom is -0.356 e. The molecule has 13 heteroatoms. The third-order valence-electron chi connectivity index (χ3n) is 33.6. The van der Waals surface area contributed by atoms with Gasteiger partial charge in [0.25, 0.3) is 13.4 Å². The van der Waals surface area contributed by atoms with Crippen LogP contribution in [0.1, 0.15) is 97.6 Å². The molecule has 6 nitrogen and oxygen atoms in total. The second kappa shape index (κ2) is 32.6. The van der Waals surface area contributed by atoms with Crippen molar-refractivity contribution in [3.05, 3.63) is 356 Å². The van der Waals surface area contributed by atoms with Gasteiger partial charge in [-0.2, -0.15) is 0 Å². The Morgan fingerprint density at radius 1 is 0.297 bits per heavy atom. The molecular weight excluding hydrogens is 1750 g/mol. The van der Waals surface area contributed by atoms with Crippen molar-refractivity contribution in [3.8, 4) is 55.9 Å². The summed E-state index contributed by atoms with van der Waals surface area (Å²) < 4.78 is 5.22. The fraction of sp³-hybridized carbons (Fsp3) is 0.232. The SMILES string of the molecule is C.CC12CCCCC1(C)N1c3cc(Cl)cc4c3B(c3cccc2c31)c1cc(-c2ccccc2)cc2c3cc(-c5ccccc5)ccc3n-4c12.CC12CCCCC1(C)N1c3cc(N(c4ccc([Si](C)(C)C)cc4)c4ccc([Si](C)(C)C)cc4)cc4c3B(c3cccc2c31)c1cc(-c2ccccc2)cc2c3cc(-c5ccccc5)ccc3n-4c12.C[Si](C)(C)c1ccc(Nc2ccc([Si](C)(C)C)cc2)cc1. The molecule has 684 valence electrons. The van der Waals surface area contributed by atoms with Crippen LogP contribution in [0.15, 0.2) is 340 Å². The highest BCUT2D eigenvalue weighted by Crippen LogP contribution is 2.64. The van der Waals surface area contributed by atoms with E-state index in [-0.39, 0.29) is 42.8 Å². The monoisotopic (exact) mass is 1880 g/mol. The molecule has 8 aliphatic rings. The van der Waals surface area contributed by atoms with Crippen LogP contribution in [0.25, 0.3) is 99.5 Å². The lowest BCUT2D eigenvalue weighted by atomic mass is 9.33. The van der Waals surface area contributed by atoms with E-state index in [1.165, 1.54) is 249 Å². The molecule has 2 aromatic heterocycles. The van der Waals surface area contributed by atoms with Crippen molar-refractivity contribution in [2.75, 3.05) is 20.0 Å². The topological polar surface area (TPSA) is 31.6 Å². The van der Waals surface area contributed by atoms with Crippen LogP contribution < -0.4 is 73.5 Å². The Morgan fingerprint density at radius 3 is 1.00 bits per heavy atom. The number of hydrogen-bond donors (Lipinski definition) is 1. The van der Waals surface area contributed by atoms with Gasteiger partial charge < -0.3 is 29.2 Å². The van der Waals surface area contributed by atoms with E-state index in [0.29, 0.717) is 0 Å². The van der Waals surface area contributed by atoms with Gasteiger partial charge in [-0.05, 0) is 237 Å². The third kappa shape index (κ3) is 13.9. The lowest BCUT2D eigenvalue weighted by Crippen LogP contribution is -2.64. The summed E-state index contributed by atoms with van der Waals surface area (Å²) >= 11 is 7.20. The molecule has 0 amide bonds. The fourth-order valence-electron chi connectivity index (χ4n) is 25.9. The number of hydrogen-bond acceptors (Lipinski definition) is 4. The second-order valence-electron chi connectivity index (χ2n) is 45.6. The molecule has 4 atom stereocenters. The molecule has 4 unspecified atom stereocenters. The minimum absolute atomic E-state index is 0. The van der Waals surface area contributed by atoms with E-state index in [2.05, 4.69) is 475 Å². The Hall–Kier alpha value is -12.4. The first kappa shape index (κ1) is 89.5. The van der Waals surface area contributed by atoms with Crippen LogP contribution >= 0.6 is 11.6 Å². The summed E-state index contributed by atoms with van der Waals surface area (Å²) in [5.41, 5.74) is 40.7. The molecule has 2 aliphatic carbocycles. The zero-order valence-corrected chi connectivity index (χ0v) is 87.0. The maximum absolute atomic E-state index is 7.20. The van der Waals surface area contributed by atoms with Crippen molar-refractivity contribution in [1.82, 2.24) is 9.13 Å². The van der Waals surface area contributed by atoms with E-state index in [1.54, 1.807) is 0 Å². The van der Waals surface area contributed by atoms with Crippen LogP contribution in [-0.4, -0.2) is 65.9 Å². The van der Waals surface area contributed by atoms with Crippen molar-refractivity contribution in [2.24, 2.45) is 0 Å². The smallest absolute Gasteiger partial charge is 0.252 e. The van der Waals surface area contributed by atoms with E-state index < -0.39 is 32.3 Å². The van der Waals surface area contributed by atoms with Gasteiger partial charge in [0, 0.05) is 105 Å². The first-order chi connectivity index (χ1) is 65.8. The van der Waals surface area contributed by atoms with E-state index in [0.717, 1.165) is 22.8 Å². The predicted molar refractivity (Wildman–Crippen MR) is 613 cm³/mol. The maximum Gasteiger partial charge on any atom is 0.252 e. The highest BCUT2D eigenvalue weighted by Gasteiger charge is 2.63. The summed E-state index contributed by atoms with van der Waals surface area (Å²) in [4.78, 5) is 8.21. The van der Waals surface area contributed by atoms with Gasteiger partial charge >= 0.3 is 0 Å². The summed E-state index contributed by atoms with van der Waals surface area (Å²) in [6.45, 7) is 39.4. The van der Waals surface area contributed by atoms with Crippen molar-refractivity contribution in [3.63, 3.8) is 0 Å². The summed E-state index contributed by atoms with van der Waals surface area (Å²) in [5, 5.41) is 15.4. The first-order valence-electron chi connectivity index (χ1n) is 50.2. The Bertz CT molecular complexity index is 7820. The van der Waals surface area contributed by atoms with E-state index in [4.69, 9.17) is 11.6 Å². The molecule has 8 heterocycles. The highest BCUT2D eigenvalue weighted by molar-refractivity contribution is 7.01. The zero-order chi connectivity index (χ0) is 94.1. The highest BCUT2D eigenvalue weighted by atomic mass is 35.5. The number of nitrogens with zero attached hydrogens (tertiary/aromatic N) is 5. The van der Waals surface area contributed by atoms with Crippen LogP contribution in [0, 0.1) is 0 Å². The Balaban J connectivity index is 0.000000132. The number of aromatic nitrogens is 2. The van der Waals surface area contributed by atoms with Crippen LogP contribution in [-0.2, 0) is 10.8 Å². The molecule has 0 bridgehead atoms. The van der Waals surface area contributed by atoms with Gasteiger partial charge in [-0.25, -0.2) is 0 Å². The molecule has 26 rings (SSSR count). The van der Waals surface area contributed by atoms with Gasteiger partial charge in [-0.15, -0.1) is 0 Å². The largest absolute Gasteiger partial charge is 0.356 e.